The van der Waals surface area contributed by atoms with Crippen LogP contribution in [-0.4, -0.2) is 15.8 Å². The van der Waals surface area contributed by atoms with Crippen LogP contribution < -0.4 is 16.4 Å². The molecule has 0 aromatic heterocycles. The smallest absolute Gasteiger partial charge is 0.304 e. The van der Waals surface area contributed by atoms with Crippen molar-refractivity contribution in [2.45, 2.75) is 6.92 Å². The third-order valence-corrected chi connectivity index (χ3v) is 1.58. The highest BCUT2D eigenvalue weighted by Gasteiger charge is 2.19. The predicted molar refractivity (Wildman–Crippen MR) is 56.9 cm³/mol. The third kappa shape index (κ3) is 4.85. The normalized spacial score (nSPS) is 8.78. The van der Waals surface area contributed by atoms with Gasteiger partial charge in [0.2, 0.25) is 0 Å². The number of quaternary nitrogens is 1. The Kier molecular flexibility index (Phi) is 5.72. The van der Waals surface area contributed by atoms with Crippen LogP contribution in [0.25, 0.3) is 0 Å². The number of carbonyl (C=O) groups excluding carboxylic acids is 1. The lowest BCUT2D eigenvalue weighted by Gasteiger charge is -1.98. The van der Waals surface area contributed by atoms with E-state index in [0.717, 1.165) is 13.0 Å². The number of rotatable bonds is 3. The van der Waals surface area contributed by atoms with Crippen molar-refractivity contribution in [1.29, 1.82) is 0 Å². The molecule has 1 aromatic rings. The molecule has 0 saturated carbocycles. The van der Waals surface area contributed by atoms with E-state index in [0.29, 0.717) is 0 Å². The molecule has 0 aliphatic heterocycles. The Hall–Kier alpha value is -2.75. The largest absolute Gasteiger partial charge is 0.550 e. The average Bonchev–Trinajstić information content (AvgIpc) is 2.27. The first-order chi connectivity index (χ1) is 8.29. The maximum Gasteiger partial charge on any atom is 0.304 e. The Balaban J connectivity index is 0.000000631. The molecule has 0 fully saturated rings. The molecule has 0 saturated heterocycles. The van der Waals surface area contributed by atoms with E-state index in [1.807, 2.05) is 0 Å². The van der Waals surface area contributed by atoms with E-state index in [9.17, 15) is 20.2 Å². The second kappa shape index (κ2) is 6.75. The molecule has 0 radical (unpaired) electrons. The second-order valence-corrected chi connectivity index (χ2v) is 2.88. The molecule has 1 aromatic carbocycles. The first-order valence-corrected chi connectivity index (χ1v) is 4.43. The molecule has 0 bridgehead atoms. The second-order valence-electron chi connectivity index (χ2n) is 2.88. The number of anilines is 1. The molecular formula is C8H10N4O6. The van der Waals surface area contributed by atoms with Gasteiger partial charge in [-0.25, -0.2) is 5.43 Å². The van der Waals surface area contributed by atoms with E-state index in [4.69, 9.17) is 9.90 Å². The molecular weight excluding hydrogens is 248 g/mol. The maximum atomic E-state index is 10.5. The zero-order chi connectivity index (χ0) is 14.3. The van der Waals surface area contributed by atoms with Crippen LogP contribution in [-0.2, 0) is 4.79 Å². The number of benzene rings is 1. The molecule has 1 rings (SSSR count). The van der Waals surface area contributed by atoms with E-state index >= 15 is 0 Å². The minimum Gasteiger partial charge on any atom is -0.550 e. The highest BCUT2D eigenvalue weighted by Crippen LogP contribution is 2.27. The standard InChI is InChI=1S/C6H6N4O4.C2H4O2/c7-8-5-2-1-4(9(11)12)3-6(5)10(13)14;1-2(3)4/h1-3,8H,7H2;1H3,(H,3,4). The Bertz CT molecular complexity index is 471. The zero-order valence-electron chi connectivity index (χ0n) is 9.28. The number of hydrogen-bond acceptors (Lipinski definition) is 7. The minimum absolute atomic E-state index is 0.139. The predicted octanol–water partition coefficient (Wildman–Crippen LogP) is -1.17. The number of carboxylic acids is 1. The van der Waals surface area contributed by atoms with Crippen molar-refractivity contribution in [3.63, 3.8) is 0 Å². The molecule has 0 aliphatic rings. The highest BCUT2D eigenvalue weighted by atomic mass is 16.6. The molecule has 10 heteroatoms. The number of nitrogens with zero attached hydrogens (tertiary/aromatic N) is 2. The Morgan fingerprint density at radius 2 is 1.78 bits per heavy atom. The van der Waals surface area contributed by atoms with Crippen molar-refractivity contribution in [3.05, 3.63) is 38.4 Å². The number of carboxylic acid groups (broad SMARTS) is 1. The Morgan fingerprint density at radius 3 is 2.11 bits per heavy atom. The fraction of sp³-hybridized carbons (Fsp3) is 0.125. The van der Waals surface area contributed by atoms with Gasteiger partial charge in [-0.15, -0.1) is 0 Å². The Morgan fingerprint density at radius 1 is 1.28 bits per heavy atom. The zero-order valence-corrected chi connectivity index (χ0v) is 9.28. The van der Waals surface area contributed by atoms with E-state index in [1.54, 1.807) is 0 Å². The summed E-state index contributed by atoms with van der Waals surface area (Å²) in [6.07, 6.45) is 0. The van der Waals surface area contributed by atoms with Gasteiger partial charge in [0.05, 0.1) is 15.9 Å². The van der Waals surface area contributed by atoms with E-state index in [1.165, 1.54) is 12.1 Å². The van der Waals surface area contributed by atoms with E-state index < -0.39 is 15.8 Å². The van der Waals surface area contributed by atoms with Gasteiger partial charge in [-0.3, -0.25) is 26.1 Å². The summed E-state index contributed by atoms with van der Waals surface area (Å²) in [5.41, 5.74) is 1.78. The van der Waals surface area contributed by atoms with Crippen LogP contribution in [0.5, 0.6) is 0 Å². The molecule has 0 amide bonds. The van der Waals surface area contributed by atoms with Crippen molar-refractivity contribution >= 4 is 23.0 Å². The summed E-state index contributed by atoms with van der Waals surface area (Å²) < 4.78 is 0. The molecule has 0 unspecified atom stereocenters. The summed E-state index contributed by atoms with van der Waals surface area (Å²) in [5.74, 6) is 2.17. The van der Waals surface area contributed by atoms with Crippen LogP contribution in [0.1, 0.15) is 6.92 Å². The number of nitrogens with one attached hydrogen (secondary N) is 1. The molecule has 0 spiro atoms. The quantitative estimate of drug-likeness (QED) is 0.508. The highest BCUT2D eigenvalue weighted by molar-refractivity contribution is 5.63. The van der Waals surface area contributed by atoms with Gasteiger partial charge in [0.1, 0.15) is 0 Å². The number of aliphatic carboxylic acids is 1. The van der Waals surface area contributed by atoms with Crippen LogP contribution in [0.4, 0.5) is 17.1 Å². The van der Waals surface area contributed by atoms with Gasteiger partial charge in [0.15, 0.2) is 5.69 Å². The maximum absolute atomic E-state index is 10.5. The van der Waals surface area contributed by atoms with Crippen LogP contribution in [0.3, 0.4) is 0 Å². The molecule has 4 N–H and O–H groups in total. The summed E-state index contributed by atoms with van der Waals surface area (Å²) in [5, 5.41) is 29.7. The van der Waals surface area contributed by atoms with Crippen LogP contribution in [0, 0.1) is 20.2 Å². The Labute approximate surface area is 100 Å². The lowest BCUT2D eigenvalue weighted by molar-refractivity contribution is -0.394. The average molecular weight is 258 g/mol. The van der Waals surface area contributed by atoms with Crippen LogP contribution in [0.2, 0.25) is 0 Å². The molecule has 18 heavy (non-hydrogen) atoms. The summed E-state index contributed by atoms with van der Waals surface area (Å²) >= 11 is 0. The molecule has 0 aliphatic carbocycles. The topological polar surface area (TPSA) is 166 Å². The summed E-state index contributed by atoms with van der Waals surface area (Å²) in [6.45, 7) is 0.972. The number of hydrogen-bond donors (Lipinski definition) is 2. The van der Waals surface area contributed by atoms with Crippen molar-refractivity contribution in [2.24, 2.45) is 0 Å². The first kappa shape index (κ1) is 15.2. The number of carbonyl (C=O) groups is 1. The van der Waals surface area contributed by atoms with Crippen molar-refractivity contribution in [3.8, 4) is 0 Å². The SMILES string of the molecule is CC(=O)[O-].[NH3+]Nc1ccc([N+](=O)[O-])cc1[N+](=O)[O-]. The minimum atomic E-state index is -1.08. The van der Waals surface area contributed by atoms with Gasteiger partial charge in [-0.05, 0) is 13.0 Å². The van der Waals surface area contributed by atoms with Crippen LogP contribution >= 0.6 is 0 Å². The summed E-state index contributed by atoms with van der Waals surface area (Å²) in [7, 11) is 0. The lowest BCUT2D eigenvalue weighted by Crippen LogP contribution is -2.56. The van der Waals surface area contributed by atoms with Gasteiger partial charge in [0.25, 0.3) is 5.69 Å². The van der Waals surface area contributed by atoms with Crippen molar-refractivity contribution in [2.75, 3.05) is 5.43 Å². The third-order valence-electron chi connectivity index (χ3n) is 1.58. The number of non-ortho nitro benzene ring substituents is 1. The first-order valence-electron chi connectivity index (χ1n) is 4.43. The van der Waals surface area contributed by atoms with Gasteiger partial charge in [0, 0.05) is 12.0 Å². The van der Waals surface area contributed by atoms with E-state index in [2.05, 4.69) is 11.3 Å². The van der Waals surface area contributed by atoms with Crippen LogP contribution in [0.15, 0.2) is 18.2 Å². The molecule has 0 atom stereocenters. The molecule has 0 heterocycles. The molecule has 98 valence electrons. The fourth-order valence-electron chi connectivity index (χ4n) is 0.934. The fourth-order valence-corrected chi connectivity index (χ4v) is 0.934. The summed E-state index contributed by atoms with van der Waals surface area (Å²) in [4.78, 5) is 28.3. The lowest BCUT2D eigenvalue weighted by atomic mass is 10.2. The monoisotopic (exact) mass is 258 g/mol. The van der Waals surface area contributed by atoms with E-state index in [-0.39, 0.29) is 17.1 Å². The summed E-state index contributed by atoms with van der Waals surface area (Å²) in [6, 6.07) is 3.29. The molecule has 10 nitrogen and oxygen atoms in total. The van der Waals surface area contributed by atoms with Crippen molar-refractivity contribution in [1.82, 2.24) is 0 Å². The number of nitro groups is 2. The van der Waals surface area contributed by atoms with Gasteiger partial charge < -0.3 is 9.90 Å². The van der Waals surface area contributed by atoms with Gasteiger partial charge in [-0.2, -0.15) is 0 Å². The number of nitro benzene ring substituents is 2. The van der Waals surface area contributed by atoms with Crippen molar-refractivity contribution < 1.29 is 25.6 Å². The van der Waals surface area contributed by atoms with Gasteiger partial charge >= 0.3 is 5.69 Å². The van der Waals surface area contributed by atoms with Gasteiger partial charge in [-0.1, -0.05) is 0 Å².